The Bertz CT molecular complexity index is 510. The third-order valence-corrected chi connectivity index (χ3v) is 1.97. The van der Waals surface area contributed by atoms with E-state index in [9.17, 15) is 4.39 Å². The van der Waals surface area contributed by atoms with Crippen LogP contribution in [0.5, 0.6) is 0 Å². The maximum atomic E-state index is 13.5. The first-order chi connectivity index (χ1) is 7.08. The standard InChI is InChI=1S/C8H7ClFN5/c1-15-2-4(12-3-15)6-5(10)7(11)14-8(9)13-6/h2-3H,1H3,(H2,11,13,14). The predicted molar refractivity (Wildman–Crippen MR) is 53.6 cm³/mol. The van der Waals surface area contributed by atoms with E-state index < -0.39 is 5.82 Å². The van der Waals surface area contributed by atoms with Crippen LogP contribution in [0.2, 0.25) is 5.28 Å². The smallest absolute Gasteiger partial charge is 0.225 e. The largest absolute Gasteiger partial charge is 0.381 e. The summed E-state index contributed by atoms with van der Waals surface area (Å²) in [6.07, 6.45) is 3.14. The lowest BCUT2D eigenvalue weighted by Crippen LogP contribution is -2.01. The normalized spacial score (nSPS) is 10.6. The molecule has 2 heterocycles. The number of nitrogens with two attached hydrogens (primary N) is 1. The molecule has 0 unspecified atom stereocenters. The summed E-state index contributed by atoms with van der Waals surface area (Å²) in [4.78, 5) is 11.2. The van der Waals surface area contributed by atoms with Gasteiger partial charge in [0.2, 0.25) is 5.28 Å². The van der Waals surface area contributed by atoms with E-state index >= 15 is 0 Å². The number of halogens is 2. The van der Waals surface area contributed by atoms with Gasteiger partial charge in [-0.05, 0) is 11.6 Å². The van der Waals surface area contributed by atoms with Crippen molar-refractivity contribution in [1.29, 1.82) is 0 Å². The zero-order valence-electron chi connectivity index (χ0n) is 7.78. The average Bonchev–Trinajstić information content (AvgIpc) is 2.58. The van der Waals surface area contributed by atoms with E-state index in [1.807, 2.05) is 0 Å². The van der Waals surface area contributed by atoms with Gasteiger partial charge in [-0.2, -0.15) is 4.98 Å². The zero-order chi connectivity index (χ0) is 11.0. The number of aryl methyl sites for hydroxylation is 1. The van der Waals surface area contributed by atoms with Crippen molar-refractivity contribution in [2.24, 2.45) is 7.05 Å². The molecule has 0 aromatic carbocycles. The summed E-state index contributed by atoms with van der Waals surface area (Å²) in [5, 5.41) is -0.102. The highest BCUT2D eigenvalue weighted by Crippen LogP contribution is 2.22. The first-order valence-corrected chi connectivity index (χ1v) is 4.42. The van der Waals surface area contributed by atoms with Crippen LogP contribution in [0.25, 0.3) is 11.4 Å². The minimum atomic E-state index is -0.710. The van der Waals surface area contributed by atoms with Crippen molar-refractivity contribution in [3.8, 4) is 11.4 Å². The number of anilines is 1. The molecule has 2 aromatic heterocycles. The number of hydrogen-bond donors (Lipinski definition) is 1. The summed E-state index contributed by atoms with van der Waals surface area (Å²) in [7, 11) is 1.76. The SMILES string of the molecule is Cn1cnc(-c2nc(Cl)nc(N)c2F)c1. The molecule has 0 radical (unpaired) electrons. The van der Waals surface area contributed by atoms with Crippen LogP contribution in [0.3, 0.4) is 0 Å². The lowest BCUT2D eigenvalue weighted by atomic mass is 10.3. The molecular weight excluding hydrogens is 221 g/mol. The molecular formula is C8H7ClFN5. The fraction of sp³-hybridized carbons (Fsp3) is 0.125. The Morgan fingerprint density at radius 1 is 1.47 bits per heavy atom. The highest BCUT2D eigenvalue weighted by molar-refractivity contribution is 6.28. The number of nitrogens with zero attached hydrogens (tertiary/aromatic N) is 4. The summed E-state index contributed by atoms with van der Waals surface area (Å²) >= 11 is 5.58. The van der Waals surface area contributed by atoms with Crippen molar-refractivity contribution >= 4 is 17.4 Å². The van der Waals surface area contributed by atoms with Crippen molar-refractivity contribution in [2.75, 3.05) is 5.73 Å². The van der Waals surface area contributed by atoms with Gasteiger partial charge in [-0.25, -0.2) is 14.4 Å². The van der Waals surface area contributed by atoms with Gasteiger partial charge in [0.15, 0.2) is 11.6 Å². The van der Waals surface area contributed by atoms with E-state index in [0.29, 0.717) is 5.69 Å². The highest BCUT2D eigenvalue weighted by Gasteiger charge is 2.14. The fourth-order valence-electron chi connectivity index (χ4n) is 1.14. The zero-order valence-corrected chi connectivity index (χ0v) is 8.53. The van der Waals surface area contributed by atoms with Crippen LogP contribution in [0, 0.1) is 5.82 Å². The molecule has 0 fully saturated rings. The van der Waals surface area contributed by atoms with Gasteiger partial charge in [0.25, 0.3) is 0 Å². The van der Waals surface area contributed by atoms with Crippen LogP contribution >= 0.6 is 11.6 Å². The Kier molecular flexibility index (Phi) is 2.28. The first kappa shape index (κ1) is 9.85. The monoisotopic (exact) mass is 227 g/mol. The van der Waals surface area contributed by atoms with Crippen molar-refractivity contribution in [2.45, 2.75) is 0 Å². The van der Waals surface area contributed by atoms with Gasteiger partial charge in [-0.15, -0.1) is 0 Å². The Labute approximate surface area is 89.7 Å². The second-order valence-corrected chi connectivity index (χ2v) is 3.30. The van der Waals surface area contributed by atoms with Gasteiger partial charge in [-0.3, -0.25) is 0 Å². The number of hydrogen-bond acceptors (Lipinski definition) is 4. The van der Waals surface area contributed by atoms with E-state index in [-0.39, 0.29) is 16.8 Å². The molecule has 7 heteroatoms. The second kappa shape index (κ2) is 3.47. The summed E-state index contributed by atoms with van der Waals surface area (Å²) in [6, 6.07) is 0. The third kappa shape index (κ3) is 1.75. The number of nitrogen functional groups attached to an aromatic ring is 1. The molecule has 0 saturated carbocycles. The van der Waals surface area contributed by atoms with Crippen LogP contribution in [-0.2, 0) is 7.05 Å². The fourth-order valence-corrected chi connectivity index (χ4v) is 1.32. The predicted octanol–water partition coefficient (Wildman–Crippen LogP) is 1.25. The number of imidazole rings is 1. The van der Waals surface area contributed by atoms with E-state index in [1.54, 1.807) is 17.8 Å². The summed E-state index contributed by atoms with van der Waals surface area (Å²) in [6.45, 7) is 0. The van der Waals surface area contributed by atoms with Crippen molar-refractivity contribution in [1.82, 2.24) is 19.5 Å². The van der Waals surface area contributed by atoms with Gasteiger partial charge >= 0.3 is 0 Å². The Hall–Kier alpha value is -1.69. The average molecular weight is 228 g/mol. The lowest BCUT2D eigenvalue weighted by Gasteiger charge is -2.01. The van der Waals surface area contributed by atoms with E-state index in [0.717, 1.165) is 0 Å². The Morgan fingerprint density at radius 3 is 2.80 bits per heavy atom. The van der Waals surface area contributed by atoms with E-state index in [4.69, 9.17) is 17.3 Å². The van der Waals surface area contributed by atoms with Crippen LogP contribution in [0.4, 0.5) is 10.2 Å². The second-order valence-electron chi connectivity index (χ2n) is 2.96. The van der Waals surface area contributed by atoms with Crippen LogP contribution in [-0.4, -0.2) is 19.5 Å². The van der Waals surface area contributed by atoms with Crippen LogP contribution < -0.4 is 5.73 Å². The van der Waals surface area contributed by atoms with Crippen molar-refractivity contribution in [3.63, 3.8) is 0 Å². The van der Waals surface area contributed by atoms with Crippen molar-refractivity contribution in [3.05, 3.63) is 23.6 Å². The summed E-state index contributed by atoms with van der Waals surface area (Å²) in [5.74, 6) is -0.992. The molecule has 0 aliphatic heterocycles. The van der Waals surface area contributed by atoms with Gasteiger partial charge in [0.1, 0.15) is 11.4 Å². The van der Waals surface area contributed by atoms with Gasteiger partial charge in [0, 0.05) is 13.2 Å². The molecule has 0 atom stereocenters. The molecule has 0 aliphatic rings. The number of rotatable bonds is 1. The third-order valence-electron chi connectivity index (χ3n) is 1.80. The maximum Gasteiger partial charge on any atom is 0.225 e. The van der Waals surface area contributed by atoms with Gasteiger partial charge < -0.3 is 10.3 Å². The Balaban J connectivity index is 2.62. The minimum absolute atomic E-state index is 0.00750. The molecule has 0 aliphatic carbocycles. The molecule has 0 spiro atoms. The van der Waals surface area contributed by atoms with E-state index in [1.165, 1.54) is 6.33 Å². The van der Waals surface area contributed by atoms with Crippen molar-refractivity contribution < 1.29 is 4.39 Å². The number of aromatic nitrogens is 4. The molecule has 5 nitrogen and oxygen atoms in total. The molecule has 0 bridgehead atoms. The molecule has 2 rings (SSSR count). The Morgan fingerprint density at radius 2 is 2.20 bits per heavy atom. The van der Waals surface area contributed by atoms with Gasteiger partial charge in [-0.1, -0.05) is 0 Å². The van der Waals surface area contributed by atoms with Crippen LogP contribution in [0.1, 0.15) is 0 Å². The molecule has 15 heavy (non-hydrogen) atoms. The summed E-state index contributed by atoms with van der Waals surface area (Å²) < 4.78 is 15.2. The van der Waals surface area contributed by atoms with Gasteiger partial charge in [0.05, 0.1) is 6.33 Å². The quantitative estimate of drug-likeness (QED) is 0.745. The lowest BCUT2D eigenvalue weighted by molar-refractivity contribution is 0.623. The van der Waals surface area contributed by atoms with E-state index in [2.05, 4.69) is 15.0 Å². The molecule has 2 aromatic rings. The first-order valence-electron chi connectivity index (χ1n) is 4.05. The molecule has 0 saturated heterocycles. The molecule has 0 amide bonds. The van der Waals surface area contributed by atoms with Crippen LogP contribution in [0.15, 0.2) is 12.5 Å². The minimum Gasteiger partial charge on any atom is -0.381 e. The molecule has 2 N–H and O–H groups in total. The maximum absolute atomic E-state index is 13.5. The topological polar surface area (TPSA) is 69.6 Å². The highest BCUT2D eigenvalue weighted by atomic mass is 35.5. The molecule has 78 valence electrons. The summed E-state index contributed by atoms with van der Waals surface area (Å²) in [5.41, 5.74) is 5.69.